The number of anilines is 1. The van der Waals surface area contributed by atoms with Gasteiger partial charge in [0.25, 0.3) is 0 Å². The van der Waals surface area contributed by atoms with Crippen molar-refractivity contribution in [3.05, 3.63) is 11.8 Å². The van der Waals surface area contributed by atoms with Crippen LogP contribution in [0.5, 0.6) is 0 Å². The van der Waals surface area contributed by atoms with Gasteiger partial charge in [0, 0.05) is 0 Å². The van der Waals surface area contributed by atoms with Crippen molar-refractivity contribution in [1.82, 2.24) is 9.78 Å². The first kappa shape index (κ1) is 11.0. The lowest BCUT2D eigenvalue weighted by molar-refractivity contribution is 0.0602. The molecule has 1 aromatic rings. The molecular formula is C11H17N3O2. The molecule has 16 heavy (non-hydrogen) atoms. The van der Waals surface area contributed by atoms with Crippen LogP contribution in [0.1, 0.15) is 48.5 Å². The normalized spacial score (nSPS) is 17.3. The molecule has 88 valence electrons. The molecule has 1 aliphatic rings. The van der Waals surface area contributed by atoms with Crippen molar-refractivity contribution in [1.29, 1.82) is 0 Å². The molecule has 5 nitrogen and oxygen atoms in total. The SMILES string of the molecule is COC(=O)c1cnn(C2CCCCC2)c1N. The van der Waals surface area contributed by atoms with E-state index in [0.29, 0.717) is 17.4 Å². The molecule has 1 aliphatic carbocycles. The Morgan fingerprint density at radius 2 is 2.19 bits per heavy atom. The van der Waals surface area contributed by atoms with Gasteiger partial charge in [-0.3, -0.25) is 0 Å². The predicted molar refractivity (Wildman–Crippen MR) is 60.1 cm³/mol. The molecule has 2 rings (SSSR count). The molecule has 0 amide bonds. The van der Waals surface area contributed by atoms with Crippen molar-refractivity contribution >= 4 is 11.8 Å². The molecule has 1 aromatic heterocycles. The van der Waals surface area contributed by atoms with Crippen LogP contribution in [0.25, 0.3) is 0 Å². The number of hydrogen-bond acceptors (Lipinski definition) is 4. The van der Waals surface area contributed by atoms with Crippen molar-refractivity contribution < 1.29 is 9.53 Å². The van der Waals surface area contributed by atoms with Gasteiger partial charge in [-0.25, -0.2) is 9.48 Å². The minimum Gasteiger partial charge on any atom is -0.465 e. The van der Waals surface area contributed by atoms with Crippen molar-refractivity contribution in [2.75, 3.05) is 12.8 Å². The van der Waals surface area contributed by atoms with Gasteiger partial charge in [0.05, 0.1) is 19.3 Å². The molecule has 0 radical (unpaired) electrons. The number of nitrogen functional groups attached to an aromatic ring is 1. The number of ether oxygens (including phenoxy) is 1. The van der Waals surface area contributed by atoms with Gasteiger partial charge in [-0.05, 0) is 12.8 Å². The highest BCUT2D eigenvalue weighted by molar-refractivity contribution is 5.93. The summed E-state index contributed by atoms with van der Waals surface area (Å²) in [5, 5.41) is 4.20. The number of nitrogens with two attached hydrogens (primary N) is 1. The number of esters is 1. The van der Waals surface area contributed by atoms with E-state index >= 15 is 0 Å². The molecule has 2 N–H and O–H groups in total. The van der Waals surface area contributed by atoms with E-state index in [1.165, 1.54) is 32.6 Å². The number of carbonyl (C=O) groups excluding carboxylic acids is 1. The first-order valence-electron chi connectivity index (χ1n) is 5.65. The average molecular weight is 223 g/mol. The molecule has 0 aromatic carbocycles. The summed E-state index contributed by atoms with van der Waals surface area (Å²) in [6.45, 7) is 0. The number of methoxy groups -OCH3 is 1. The first-order valence-corrected chi connectivity index (χ1v) is 5.65. The predicted octanol–water partition coefficient (Wildman–Crippen LogP) is 1.76. The average Bonchev–Trinajstić information content (AvgIpc) is 2.71. The number of rotatable bonds is 2. The minimum absolute atomic E-state index is 0.340. The van der Waals surface area contributed by atoms with E-state index in [0.717, 1.165) is 12.8 Å². The van der Waals surface area contributed by atoms with Crippen LogP contribution in [0.4, 0.5) is 5.82 Å². The van der Waals surface area contributed by atoms with Crippen LogP contribution in [-0.4, -0.2) is 22.9 Å². The van der Waals surface area contributed by atoms with E-state index < -0.39 is 5.97 Å². The zero-order chi connectivity index (χ0) is 11.5. The topological polar surface area (TPSA) is 70.1 Å². The summed E-state index contributed by atoms with van der Waals surface area (Å²) in [5.74, 6) is 0.0123. The van der Waals surface area contributed by atoms with Crippen LogP contribution in [-0.2, 0) is 4.74 Å². The lowest BCUT2D eigenvalue weighted by Gasteiger charge is -2.22. The molecule has 0 atom stereocenters. The number of aromatic nitrogens is 2. The van der Waals surface area contributed by atoms with E-state index in [9.17, 15) is 4.79 Å². The van der Waals surface area contributed by atoms with Gasteiger partial charge in [0.1, 0.15) is 11.4 Å². The first-order chi connectivity index (χ1) is 7.74. The highest BCUT2D eigenvalue weighted by Gasteiger charge is 2.22. The van der Waals surface area contributed by atoms with Gasteiger partial charge in [-0.15, -0.1) is 0 Å². The number of carbonyl (C=O) groups is 1. The van der Waals surface area contributed by atoms with E-state index in [1.807, 2.05) is 0 Å². The summed E-state index contributed by atoms with van der Waals surface area (Å²) in [4.78, 5) is 11.4. The van der Waals surface area contributed by atoms with Crippen molar-refractivity contribution in [2.24, 2.45) is 0 Å². The largest absolute Gasteiger partial charge is 0.465 e. The molecule has 1 fully saturated rings. The molecule has 1 heterocycles. The fraction of sp³-hybridized carbons (Fsp3) is 0.636. The Balaban J connectivity index is 2.21. The zero-order valence-electron chi connectivity index (χ0n) is 9.48. The van der Waals surface area contributed by atoms with Crippen molar-refractivity contribution in [2.45, 2.75) is 38.1 Å². The zero-order valence-corrected chi connectivity index (χ0v) is 9.48. The summed E-state index contributed by atoms with van der Waals surface area (Å²) in [6, 6.07) is 0.340. The van der Waals surface area contributed by atoms with E-state index in [2.05, 4.69) is 9.84 Å². The summed E-state index contributed by atoms with van der Waals surface area (Å²) < 4.78 is 6.41. The van der Waals surface area contributed by atoms with Gasteiger partial charge < -0.3 is 10.5 Å². The highest BCUT2D eigenvalue weighted by atomic mass is 16.5. The standard InChI is InChI=1S/C11H17N3O2/c1-16-11(15)9-7-13-14(10(9)12)8-5-3-2-4-6-8/h7-8H,2-6,12H2,1H3. The second-order valence-electron chi connectivity index (χ2n) is 4.17. The Morgan fingerprint density at radius 3 is 2.81 bits per heavy atom. The maximum atomic E-state index is 11.4. The monoisotopic (exact) mass is 223 g/mol. The Bertz CT molecular complexity index is 381. The van der Waals surface area contributed by atoms with E-state index in [1.54, 1.807) is 4.68 Å². The highest BCUT2D eigenvalue weighted by Crippen LogP contribution is 2.30. The van der Waals surface area contributed by atoms with Crippen LogP contribution in [0.15, 0.2) is 6.20 Å². The fourth-order valence-electron chi connectivity index (χ4n) is 2.26. The van der Waals surface area contributed by atoms with Gasteiger partial charge in [-0.1, -0.05) is 19.3 Å². The van der Waals surface area contributed by atoms with E-state index in [4.69, 9.17) is 5.73 Å². The Morgan fingerprint density at radius 1 is 1.50 bits per heavy atom. The van der Waals surface area contributed by atoms with E-state index in [-0.39, 0.29) is 0 Å². The Hall–Kier alpha value is -1.52. The maximum Gasteiger partial charge on any atom is 0.343 e. The summed E-state index contributed by atoms with van der Waals surface area (Å²) in [6.07, 6.45) is 7.37. The smallest absolute Gasteiger partial charge is 0.343 e. The molecule has 0 unspecified atom stereocenters. The second kappa shape index (κ2) is 4.55. The second-order valence-corrected chi connectivity index (χ2v) is 4.17. The quantitative estimate of drug-likeness (QED) is 0.775. The lowest BCUT2D eigenvalue weighted by Crippen LogP contribution is -2.17. The van der Waals surface area contributed by atoms with Crippen molar-refractivity contribution in [3.63, 3.8) is 0 Å². The molecule has 0 spiro atoms. The third-order valence-corrected chi connectivity index (χ3v) is 3.16. The van der Waals surface area contributed by atoms with Crippen LogP contribution >= 0.6 is 0 Å². The summed E-state index contributed by atoms with van der Waals surface area (Å²) >= 11 is 0. The van der Waals surface area contributed by atoms with Gasteiger partial charge in [-0.2, -0.15) is 5.10 Å². The van der Waals surface area contributed by atoms with Crippen molar-refractivity contribution in [3.8, 4) is 0 Å². The van der Waals surface area contributed by atoms with Gasteiger partial charge in [0.15, 0.2) is 0 Å². The Labute approximate surface area is 94.6 Å². The van der Waals surface area contributed by atoms with Crippen LogP contribution < -0.4 is 5.73 Å². The third-order valence-electron chi connectivity index (χ3n) is 3.16. The van der Waals surface area contributed by atoms with Crippen LogP contribution in [0, 0.1) is 0 Å². The van der Waals surface area contributed by atoms with Gasteiger partial charge >= 0.3 is 5.97 Å². The summed E-state index contributed by atoms with van der Waals surface area (Å²) in [7, 11) is 1.35. The minimum atomic E-state index is -0.417. The molecule has 0 bridgehead atoms. The van der Waals surface area contributed by atoms with Crippen LogP contribution in [0.3, 0.4) is 0 Å². The lowest BCUT2D eigenvalue weighted by atomic mass is 9.96. The molecule has 5 heteroatoms. The Kier molecular flexibility index (Phi) is 3.12. The summed E-state index contributed by atoms with van der Waals surface area (Å²) in [5.41, 5.74) is 6.28. The van der Waals surface area contributed by atoms with Gasteiger partial charge in [0.2, 0.25) is 0 Å². The maximum absolute atomic E-state index is 11.4. The molecule has 0 aliphatic heterocycles. The molecule has 1 saturated carbocycles. The molecule has 0 saturated heterocycles. The fourth-order valence-corrected chi connectivity index (χ4v) is 2.26. The number of nitrogens with zero attached hydrogens (tertiary/aromatic N) is 2. The number of hydrogen-bond donors (Lipinski definition) is 1. The van der Waals surface area contributed by atoms with Crippen LogP contribution in [0.2, 0.25) is 0 Å². The third kappa shape index (κ3) is 1.89. The molecular weight excluding hydrogens is 206 g/mol.